The van der Waals surface area contributed by atoms with E-state index in [1.165, 1.54) is 5.56 Å². The van der Waals surface area contributed by atoms with E-state index >= 15 is 0 Å². The number of nitrogens with one attached hydrogen (secondary N) is 1. The number of aryl methyl sites for hydroxylation is 2. The molecule has 0 aliphatic carbocycles. The van der Waals surface area contributed by atoms with Gasteiger partial charge in [0.1, 0.15) is 11.5 Å². The van der Waals surface area contributed by atoms with Crippen molar-refractivity contribution in [3.63, 3.8) is 0 Å². The van der Waals surface area contributed by atoms with E-state index in [4.69, 9.17) is 9.47 Å². The van der Waals surface area contributed by atoms with Gasteiger partial charge in [-0.2, -0.15) is 0 Å². The summed E-state index contributed by atoms with van der Waals surface area (Å²) in [4.78, 5) is 12.3. The Kier molecular flexibility index (Phi) is 7.33. The van der Waals surface area contributed by atoms with E-state index in [1.54, 1.807) is 7.11 Å². The van der Waals surface area contributed by atoms with E-state index in [9.17, 15) is 4.79 Å². The maximum absolute atomic E-state index is 12.3. The largest absolute Gasteiger partial charge is 0.497 e. The number of hydrogen-bond acceptors (Lipinski definition) is 3. The molecule has 0 bridgehead atoms. The second-order valence-electron chi connectivity index (χ2n) is 6.08. The average Bonchev–Trinajstić information content (AvgIpc) is 2.63. The minimum Gasteiger partial charge on any atom is -0.497 e. The molecule has 1 atom stereocenters. The number of benzene rings is 2. The summed E-state index contributed by atoms with van der Waals surface area (Å²) in [7, 11) is 1.67. The minimum atomic E-state index is -0.460. The first-order chi connectivity index (χ1) is 12.1. The third-order valence-corrected chi connectivity index (χ3v) is 4.01. The van der Waals surface area contributed by atoms with Crippen molar-refractivity contribution in [1.29, 1.82) is 0 Å². The predicted molar refractivity (Wildman–Crippen MR) is 100 cm³/mol. The van der Waals surface area contributed by atoms with Gasteiger partial charge in [0.15, 0.2) is 6.10 Å². The van der Waals surface area contributed by atoms with E-state index in [2.05, 4.69) is 11.4 Å². The Labute approximate surface area is 150 Å². The molecule has 2 rings (SSSR count). The first kappa shape index (κ1) is 18.8. The number of hydrogen-bond donors (Lipinski definition) is 1. The number of amides is 1. The third kappa shape index (κ3) is 6.14. The Balaban J connectivity index is 1.77. The van der Waals surface area contributed by atoms with E-state index in [1.807, 2.05) is 56.3 Å². The number of carbonyl (C=O) groups is 1. The third-order valence-electron chi connectivity index (χ3n) is 4.01. The summed E-state index contributed by atoms with van der Waals surface area (Å²) >= 11 is 0. The normalized spacial score (nSPS) is 11.6. The summed E-state index contributed by atoms with van der Waals surface area (Å²) in [5, 5.41) is 2.97. The zero-order valence-electron chi connectivity index (χ0n) is 15.2. The molecule has 2 aromatic rings. The van der Waals surface area contributed by atoms with Gasteiger partial charge in [0.25, 0.3) is 5.91 Å². The van der Waals surface area contributed by atoms with Crippen molar-refractivity contribution in [3.8, 4) is 11.5 Å². The quantitative estimate of drug-likeness (QED) is 0.704. The molecule has 4 nitrogen and oxygen atoms in total. The summed E-state index contributed by atoms with van der Waals surface area (Å²) < 4.78 is 11.0. The topological polar surface area (TPSA) is 47.6 Å². The van der Waals surface area contributed by atoms with Gasteiger partial charge in [-0.05, 0) is 61.6 Å². The Hall–Kier alpha value is -2.49. The van der Waals surface area contributed by atoms with Crippen LogP contribution in [0, 0.1) is 6.92 Å². The number of ether oxygens (including phenoxy) is 2. The molecule has 1 N–H and O–H groups in total. The monoisotopic (exact) mass is 341 g/mol. The van der Waals surface area contributed by atoms with Gasteiger partial charge in [-0.1, -0.05) is 31.2 Å². The maximum Gasteiger partial charge on any atom is 0.261 e. The zero-order chi connectivity index (χ0) is 18.1. The lowest BCUT2D eigenvalue weighted by Crippen LogP contribution is -2.38. The Morgan fingerprint density at radius 3 is 2.60 bits per heavy atom. The van der Waals surface area contributed by atoms with Gasteiger partial charge in [0.05, 0.1) is 7.11 Å². The molecule has 0 fully saturated rings. The van der Waals surface area contributed by atoms with Gasteiger partial charge in [-0.15, -0.1) is 0 Å². The highest BCUT2D eigenvalue weighted by Gasteiger charge is 2.17. The predicted octanol–water partition coefficient (Wildman–Crippen LogP) is 3.91. The summed E-state index contributed by atoms with van der Waals surface area (Å²) in [6, 6.07) is 15.8. The summed E-state index contributed by atoms with van der Waals surface area (Å²) in [5.74, 6) is 1.53. The van der Waals surface area contributed by atoms with Crippen molar-refractivity contribution in [2.75, 3.05) is 13.7 Å². The average molecular weight is 341 g/mol. The van der Waals surface area contributed by atoms with Crippen LogP contribution in [0.1, 0.15) is 30.9 Å². The standard InChI is InChI=1S/C21H27NO3/c1-4-20(25-19-12-5-8-16(2)14-19)21(23)22-13-7-10-17-9-6-11-18(15-17)24-3/h5-6,8-9,11-12,14-15,20H,4,7,10,13H2,1-3H3,(H,22,23). The van der Waals surface area contributed by atoms with Crippen molar-refractivity contribution >= 4 is 5.91 Å². The summed E-state index contributed by atoms with van der Waals surface area (Å²) in [6.07, 6.45) is 1.95. The van der Waals surface area contributed by atoms with E-state index in [-0.39, 0.29) is 5.91 Å². The molecule has 0 aliphatic heterocycles. The van der Waals surface area contributed by atoms with Crippen LogP contribution in [0.25, 0.3) is 0 Å². The fourth-order valence-corrected chi connectivity index (χ4v) is 2.62. The van der Waals surface area contributed by atoms with Gasteiger partial charge >= 0.3 is 0 Å². The number of methoxy groups -OCH3 is 1. The van der Waals surface area contributed by atoms with Crippen LogP contribution in [0.4, 0.5) is 0 Å². The number of rotatable bonds is 9. The van der Waals surface area contributed by atoms with Crippen molar-refractivity contribution < 1.29 is 14.3 Å². The lowest BCUT2D eigenvalue weighted by molar-refractivity contribution is -0.128. The molecule has 0 saturated heterocycles. The SMILES string of the molecule is CCC(Oc1cccc(C)c1)C(=O)NCCCc1cccc(OC)c1. The minimum absolute atomic E-state index is 0.0605. The molecule has 0 heterocycles. The lowest BCUT2D eigenvalue weighted by atomic mass is 10.1. The molecular weight excluding hydrogens is 314 g/mol. The maximum atomic E-state index is 12.3. The van der Waals surface area contributed by atoms with Crippen LogP contribution in [0.3, 0.4) is 0 Å². The first-order valence-electron chi connectivity index (χ1n) is 8.76. The van der Waals surface area contributed by atoms with Crippen LogP contribution >= 0.6 is 0 Å². The Bertz CT molecular complexity index is 684. The van der Waals surface area contributed by atoms with Crippen molar-refractivity contribution in [2.24, 2.45) is 0 Å². The summed E-state index contributed by atoms with van der Waals surface area (Å²) in [5.41, 5.74) is 2.32. The lowest BCUT2D eigenvalue weighted by Gasteiger charge is -2.17. The van der Waals surface area contributed by atoms with Gasteiger partial charge in [-0.25, -0.2) is 0 Å². The molecule has 4 heteroatoms. The second-order valence-corrected chi connectivity index (χ2v) is 6.08. The van der Waals surface area contributed by atoms with Gasteiger partial charge in [0.2, 0.25) is 0 Å². The van der Waals surface area contributed by atoms with E-state index in [0.29, 0.717) is 13.0 Å². The molecule has 2 aromatic carbocycles. The van der Waals surface area contributed by atoms with Crippen LogP contribution in [0.15, 0.2) is 48.5 Å². The summed E-state index contributed by atoms with van der Waals surface area (Å²) in [6.45, 7) is 4.59. The van der Waals surface area contributed by atoms with Gasteiger partial charge in [-0.3, -0.25) is 4.79 Å². The van der Waals surface area contributed by atoms with Gasteiger partial charge < -0.3 is 14.8 Å². The Morgan fingerprint density at radius 1 is 1.12 bits per heavy atom. The molecular formula is C21H27NO3. The molecule has 1 unspecified atom stereocenters. The number of carbonyl (C=O) groups excluding carboxylic acids is 1. The highest BCUT2D eigenvalue weighted by molar-refractivity contribution is 5.81. The molecule has 0 aliphatic rings. The van der Waals surface area contributed by atoms with Crippen molar-refractivity contribution in [2.45, 2.75) is 39.2 Å². The molecule has 0 radical (unpaired) electrons. The van der Waals surface area contributed by atoms with Crippen LogP contribution in [0.5, 0.6) is 11.5 Å². The van der Waals surface area contributed by atoms with E-state index in [0.717, 1.165) is 29.9 Å². The van der Waals surface area contributed by atoms with Crippen LogP contribution in [0.2, 0.25) is 0 Å². The fraction of sp³-hybridized carbons (Fsp3) is 0.381. The molecule has 25 heavy (non-hydrogen) atoms. The van der Waals surface area contributed by atoms with Crippen molar-refractivity contribution in [1.82, 2.24) is 5.32 Å². The first-order valence-corrected chi connectivity index (χ1v) is 8.76. The van der Waals surface area contributed by atoms with E-state index < -0.39 is 6.10 Å². The Morgan fingerprint density at radius 2 is 1.88 bits per heavy atom. The van der Waals surface area contributed by atoms with Gasteiger partial charge in [0, 0.05) is 6.54 Å². The molecule has 0 spiro atoms. The highest BCUT2D eigenvalue weighted by atomic mass is 16.5. The molecule has 1 amide bonds. The molecule has 0 saturated carbocycles. The smallest absolute Gasteiger partial charge is 0.261 e. The molecule has 0 aromatic heterocycles. The second kappa shape index (κ2) is 9.72. The zero-order valence-corrected chi connectivity index (χ0v) is 15.2. The van der Waals surface area contributed by atoms with Crippen molar-refractivity contribution in [3.05, 3.63) is 59.7 Å². The van der Waals surface area contributed by atoms with Crippen LogP contribution < -0.4 is 14.8 Å². The fourth-order valence-electron chi connectivity index (χ4n) is 2.62. The van der Waals surface area contributed by atoms with Crippen LogP contribution in [-0.4, -0.2) is 25.7 Å². The highest BCUT2D eigenvalue weighted by Crippen LogP contribution is 2.16. The molecule has 134 valence electrons. The van der Waals surface area contributed by atoms with Crippen LogP contribution in [-0.2, 0) is 11.2 Å².